The predicted molar refractivity (Wildman–Crippen MR) is 123 cm³/mol. The molecule has 1 aromatic carbocycles. The fraction of sp³-hybridized carbons (Fsp3) is 0.391. The molecule has 0 saturated carbocycles. The number of carbonyl (C=O) groups excluding carboxylic acids is 2. The Balaban J connectivity index is 1.64. The first-order valence-corrected chi connectivity index (χ1v) is 10.9. The topological polar surface area (TPSA) is 118 Å². The molecule has 2 atom stereocenters. The van der Waals surface area contributed by atoms with E-state index < -0.39 is 6.03 Å². The number of nitrogens with two attached hydrogens (primary N) is 1. The van der Waals surface area contributed by atoms with E-state index in [9.17, 15) is 9.59 Å². The van der Waals surface area contributed by atoms with Gasteiger partial charge in [-0.25, -0.2) is 14.5 Å². The van der Waals surface area contributed by atoms with E-state index in [1.165, 1.54) is 5.56 Å². The highest BCUT2D eigenvalue weighted by molar-refractivity contribution is 6.06. The van der Waals surface area contributed by atoms with E-state index in [0.29, 0.717) is 36.5 Å². The number of anilines is 1. The van der Waals surface area contributed by atoms with Crippen molar-refractivity contribution in [1.29, 1.82) is 0 Å². The maximum atomic E-state index is 13.3. The van der Waals surface area contributed by atoms with E-state index in [1.807, 2.05) is 45.0 Å². The third kappa shape index (κ3) is 4.23. The highest BCUT2D eigenvalue weighted by atomic mass is 16.2. The number of aryl methyl sites for hydroxylation is 2. The van der Waals surface area contributed by atoms with Crippen molar-refractivity contribution in [3.8, 4) is 0 Å². The molecule has 1 fully saturated rings. The summed E-state index contributed by atoms with van der Waals surface area (Å²) in [5.41, 5.74) is 9.47. The molecule has 1 aliphatic rings. The number of nitrogens with zero attached hydrogens (tertiary/aromatic N) is 4. The number of rotatable bonds is 6. The zero-order valence-electron chi connectivity index (χ0n) is 18.6. The van der Waals surface area contributed by atoms with Crippen LogP contribution in [0.5, 0.6) is 0 Å². The monoisotopic (exact) mass is 435 g/mol. The third-order valence-electron chi connectivity index (χ3n) is 5.98. The highest BCUT2D eigenvalue weighted by Crippen LogP contribution is 2.29. The van der Waals surface area contributed by atoms with E-state index in [4.69, 9.17) is 5.73 Å². The van der Waals surface area contributed by atoms with Gasteiger partial charge in [0.05, 0.1) is 28.9 Å². The van der Waals surface area contributed by atoms with E-state index in [1.54, 1.807) is 22.0 Å². The molecule has 168 valence electrons. The van der Waals surface area contributed by atoms with Crippen molar-refractivity contribution in [3.63, 3.8) is 0 Å². The number of amides is 3. The van der Waals surface area contributed by atoms with Crippen molar-refractivity contribution in [2.24, 2.45) is 5.73 Å². The standard InChI is InChI=1S/C23H29N7O2/c1-4-30-21-18(12-26-30)20(28-17-9-10-29(13-17)23(24)32)19(11-25-21)22(31)27-15(3)16-7-5-14(2)6-8-16/h5-8,11-12,15,17H,4,9-10,13H2,1-3H3,(H2,24,32)(H,25,28)(H,27,31)/t15-,17-/m1/s1. The van der Waals surface area contributed by atoms with E-state index in [-0.39, 0.29) is 18.0 Å². The van der Waals surface area contributed by atoms with Crippen molar-refractivity contribution in [2.75, 3.05) is 18.4 Å². The molecule has 0 unspecified atom stereocenters. The van der Waals surface area contributed by atoms with Crippen molar-refractivity contribution in [1.82, 2.24) is 25.0 Å². The van der Waals surface area contributed by atoms with Gasteiger partial charge in [0.25, 0.3) is 5.91 Å². The average molecular weight is 436 g/mol. The molecular weight excluding hydrogens is 406 g/mol. The minimum absolute atomic E-state index is 0.0147. The Hall–Kier alpha value is -3.62. The lowest BCUT2D eigenvalue weighted by Crippen LogP contribution is -2.35. The molecule has 1 aliphatic heterocycles. The van der Waals surface area contributed by atoms with Crippen molar-refractivity contribution < 1.29 is 9.59 Å². The van der Waals surface area contributed by atoms with Crippen LogP contribution in [0.2, 0.25) is 0 Å². The van der Waals surface area contributed by atoms with Crippen LogP contribution >= 0.6 is 0 Å². The minimum atomic E-state index is -0.433. The Morgan fingerprint density at radius 1 is 1.25 bits per heavy atom. The summed E-state index contributed by atoms with van der Waals surface area (Å²) >= 11 is 0. The fourth-order valence-corrected chi connectivity index (χ4v) is 4.08. The molecule has 4 N–H and O–H groups in total. The van der Waals surface area contributed by atoms with Crippen LogP contribution in [0.4, 0.5) is 10.5 Å². The number of hydrogen-bond acceptors (Lipinski definition) is 5. The summed E-state index contributed by atoms with van der Waals surface area (Å²) < 4.78 is 1.79. The van der Waals surface area contributed by atoms with Crippen LogP contribution in [0, 0.1) is 6.92 Å². The third-order valence-corrected chi connectivity index (χ3v) is 5.98. The van der Waals surface area contributed by atoms with Gasteiger partial charge in [0.15, 0.2) is 5.65 Å². The van der Waals surface area contributed by atoms with Crippen molar-refractivity contribution >= 4 is 28.7 Å². The van der Waals surface area contributed by atoms with Crippen LogP contribution in [-0.2, 0) is 6.54 Å². The molecule has 3 amide bonds. The number of carbonyl (C=O) groups is 2. The van der Waals surface area contributed by atoms with E-state index in [2.05, 4.69) is 20.7 Å². The van der Waals surface area contributed by atoms with Crippen LogP contribution in [0.1, 0.15) is 47.8 Å². The normalized spacial score (nSPS) is 16.8. The number of primary amides is 1. The summed E-state index contributed by atoms with van der Waals surface area (Å²) in [5, 5.41) is 11.7. The molecule has 9 nitrogen and oxygen atoms in total. The van der Waals surface area contributed by atoms with Crippen LogP contribution in [0.25, 0.3) is 11.0 Å². The summed E-state index contributed by atoms with van der Waals surface area (Å²) in [6.45, 7) is 7.73. The average Bonchev–Trinajstić information content (AvgIpc) is 3.41. The van der Waals surface area contributed by atoms with Crippen LogP contribution in [0.3, 0.4) is 0 Å². The second-order valence-electron chi connectivity index (χ2n) is 8.26. The summed E-state index contributed by atoms with van der Waals surface area (Å²) in [6, 6.07) is 7.48. The predicted octanol–water partition coefficient (Wildman–Crippen LogP) is 2.82. The molecule has 0 aliphatic carbocycles. The van der Waals surface area contributed by atoms with Gasteiger partial charge in [-0.15, -0.1) is 0 Å². The first kappa shape index (κ1) is 21.6. The summed E-state index contributed by atoms with van der Waals surface area (Å²) in [7, 11) is 0. The number of likely N-dealkylation sites (tertiary alicyclic amines) is 1. The highest BCUT2D eigenvalue weighted by Gasteiger charge is 2.27. The molecule has 0 spiro atoms. The van der Waals surface area contributed by atoms with Crippen molar-refractivity contribution in [2.45, 2.75) is 45.8 Å². The Bertz CT molecular complexity index is 1140. The van der Waals surface area contributed by atoms with Gasteiger partial charge in [0, 0.05) is 31.9 Å². The van der Waals surface area contributed by atoms with Crippen molar-refractivity contribution in [3.05, 3.63) is 53.3 Å². The van der Waals surface area contributed by atoms with E-state index >= 15 is 0 Å². The number of hydrogen-bond donors (Lipinski definition) is 3. The van der Waals surface area contributed by atoms with E-state index in [0.717, 1.165) is 17.4 Å². The number of aromatic nitrogens is 3. The number of fused-ring (bicyclic) bond motifs is 1. The number of benzene rings is 1. The number of pyridine rings is 1. The van der Waals surface area contributed by atoms with Gasteiger partial charge in [-0.2, -0.15) is 5.10 Å². The zero-order chi connectivity index (χ0) is 22.8. The molecular formula is C23H29N7O2. The summed E-state index contributed by atoms with van der Waals surface area (Å²) in [6.07, 6.45) is 4.07. The first-order valence-electron chi connectivity index (χ1n) is 10.9. The maximum Gasteiger partial charge on any atom is 0.314 e. The second kappa shape index (κ2) is 8.86. The van der Waals surface area contributed by atoms with Crippen LogP contribution < -0.4 is 16.4 Å². The fourth-order valence-electron chi connectivity index (χ4n) is 4.08. The lowest BCUT2D eigenvalue weighted by Gasteiger charge is -2.20. The lowest BCUT2D eigenvalue weighted by molar-refractivity contribution is 0.0940. The van der Waals surface area contributed by atoms with Gasteiger partial charge in [-0.3, -0.25) is 4.79 Å². The first-order chi connectivity index (χ1) is 15.4. The zero-order valence-corrected chi connectivity index (χ0v) is 18.6. The number of nitrogens with one attached hydrogen (secondary N) is 2. The molecule has 32 heavy (non-hydrogen) atoms. The number of urea groups is 1. The second-order valence-corrected chi connectivity index (χ2v) is 8.26. The Labute approximate surface area is 187 Å². The van der Waals surface area contributed by atoms with Gasteiger partial charge in [-0.1, -0.05) is 29.8 Å². The van der Waals surface area contributed by atoms with Crippen LogP contribution in [0.15, 0.2) is 36.7 Å². The lowest BCUT2D eigenvalue weighted by atomic mass is 10.1. The SMILES string of the molecule is CCn1ncc2c(N[C@@H]3CCN(C(N)=O)C3)c(C(=O)N[C@H](C)c3ccc(C)cc3)cnc21. The van der Waals surface area contributed by atoms with Gasteiger partial charge < -0.3 is 21.3 Å². The minimum Gasteiger partial charge on any atom is -0.379 e. The molecule has 0 radical (unpaired) electrons. The van der Waals surface area contributed by atoms with Gasteiger partial charge >= 0.3 is 6.03 Å². The smallest absolute Gasteiger partial charge is 0.314 e. The Morgan fingerprint density at radius 3 is 2.66 bits per heavy atom. The molecule has 0 bridgehead atoms. The molecule has 3 heterocycles. The molecule has 2 aromatic heterocycles. The van der Waals surface area contributed by atoms with Gasteiger partial charge in [-0.05, 0) is 32.8 Å². The molecule has 4 rings (SSSR count). The Morgan fingerprint density at radius 2 is 2.00 bits per heavy atom. The summed E-state index contributed by atoms with van der Waals surface area (Å²) in [5.74, 6) is -0.219. The molecule has 1 saturated heterocycles. The Kier molecular flexibility index (Phi) is 5.98. The quantitative estimate of drug-likeness (QED) is 0.550. The maximum absolute atomic E-state index is 13.3. The van der Waals surface area contributed by atoms with Gasteiger partial charge in [0.1, 0.15) is 0 Å². The van der Waals surface area contributed by atoms with Crippen LogP contribution in [-0.4, -0.2) is 50.7 Å². The largest absolute Gasteiger partial charge is 0.379 e. The summed E-state index contributed by atoms with van der Waals surface area (Å²) in [4.78, 5) is 30.9. The molecule has 3 aromatic rings. The van der Waals surface area contributed by atoms with Gasteiger partial charge in [0.2, 0.25) is 0 Å². The molecule has 9 heteroatoms.